The summed E-state index contributed by atoms with van der Waals surface area (Å²) in [6.07, 6.45) is 1.43. The molecule has 0 radical (unpaired) electrons. The first-order chi connectivity index (χ1) is 8.57. The van der Waals surface area contributed by atoms with Crippen LogP contribution >= 0.6 is 0 Å². The van der Waals surface area contributed by atoms with Gasteiger partial charge in [-0.05, 0) is 31.5 Å². The summed E-state index contributed by atoms with van der Waals surface area (Å²) in [5.74, 6) is 0. The van der Waals surface area contributed by atoms with Crippen molar-refractivity contribution in [1.82, 2.24) is 10.2 Å². The van der Waals surface area contributed by atoms with Gasteiger partial charge in [-0.3, -0.25) is 9.40 Å². The van der Waals surface area contributed by atoms with Crippen LogP contribution < -0.4 is 4.31 Å². The third-order valence-electron chi connectivity index (χ3n) is 2.71. The molecular formula is C12H15N3O2S. The number of rotatable bonds is 4. The second kappa shape index (κ2) is 4.81. The Labute approximate surface area is 107 Å². The van der Waals surface area contributed by atoms with Gasteiger partial charge >= 0.3 is 0 Å². The number of aromatic amines is 1. The van der Waals surface area contributed by atoms with E-state index in [2.05, 4.69) is 10.2 Å². The van der Waals surface area contributed by atoms with Gasteiger partial charge in [-0.2, -0.15) is 13.5 Å². The van der Waals surface area contributed by atoms with E-state index in [9.17, 15) is 8.42 Å². The predicted molar refractivity (Wildman–Crippen MR) is 70.0 cm³/mol. The Kier molecular flexibility index (Phi) is 3.38. The summed E-state index contributed by atoms with van der Waals surface area (Å²) in [6.45, 7) is 4.06. The first-order valence-corrected chi connectivity index (χ1v) is 7.09. The maximum Gasteiger partial charge on any atom is 0.281 e. The van der Waals surface area contributed by atoms with Crippen molar-refractivity contribution in [3.63, 3.8) is 0 Å². The fraction of sp³-hybridized carbons (Fsp3) is 0.250. The molecule has 1 aromatic carbocycles. The SMILES string of the molecule is CCN(c1ccccc1C)S(=O)(=O)c1ccn[nH]1. The van der Waals surface area contributed by atoms with E-state index in [4.69, 9.17) is 0 Å². The summed E-state index contributed by atoms with van der Waals surface area (Å²) >= 11 is 0. The van der Waals surface area contributed by atoms with E-state index in [1.165, 1.54) is 16.6 Å². The molecule has 2 rings (SSSR count). The Balaban J connectivity index is 2.51. The molecule has 0 saturated heterocycles. The van der Waals surface area contributed by atoms with E-state index in [1.54, 1.807) is 13.0 Å². The van der Waals surface area contributed by atoms with Crippen molar-refractivity contribution in [3.8, 4) is 0 Å². The number of benzene rings is 1. The van der Waals surface area contributed by atoms with Crippen LogP contribution in [-0.2, 0) is 10.0 Å². The van der Waals surface area contributed by atoms with Gasteiger partial charge in [0.2, 0.25) is 0 Å². The van der Waals surface area contributed by atoms with Gasteiger partial charge in [0.15, 0.2) is 5.03 Å². The van der Waals surface area contributed by atoms with E-state index in [0.717, 1.165) is 5.56 Å². The molecule has 96 valence electrons. The lowest BCUT2D eigenvalue weighted by Gasteiger charge is -2.23. The third kappa shape index (κ3) is 2.11. The number of aryl methyl sites for hydroxylation is 1. The fourth-order valence-electron chi connectivity index (χ4n) is 1.82. The van der Waals surface area contributed by atoms with Crippen LogP contribution in [0.2, 0.25) is 0 Å². The number of hydrogen-bond acceptors (Lipinski definition) is 3. The number of anilines is 1. The first-order valence-electron chi connectivity index (χ1n) is 5.65. The van der Waals surface area contributed by atoms with Crippen LogP contribution in [0.3, 0.4) is 0 Å². The smallest absolute Gasteiger partial charge is 0.266 e. The zero-order valence-corrected chi connectivity index (χ0v) is 11.1. The minimum atomic E-state index is -3.57. The first kappa shape index (κ1) is 12.6. The Hall–Kier alpha value is -1.82. The summed E-state index contributed by atoms with van der Waals surface area (Å²) in [7, 11) is -3.57. The third-order valence-corrected chi connectivity index (χ3v) is 4.53. The number of para-hydroxylation sites is 1. The number of nitrogens with one attached hydrogen (secondary N) is 1. The molecule has 2 aromatic rings. The van der Waals surface area contributed by atoms with Crippen molar-refractivity contribution in [3.05, 3.63) is 42.1 Å². The van der Waals surface area contributed by atoms with Crippen molar-refractivity contribution in [2.24, 2.45) is 0 Å². The van der Waals surface area contributed by atoms with Gasteiger partial charge in [0, 0.05) is 6.54 Å². The molecule has 0 aliphatic heterocycles. The molecule has 0 spiro atoms. The van der Waals surface area contributed by atoms with E-state index in [1.807, 2.05) is 25.1 Å². The zero-order chi connectivity index (χ0) is 13.2. The highest BCUT2D eigenvalue weighted by Crippen LogP contribution is 2.25. The molecule has 6 heteroatoms. The van der Waals surface area contributed by atoms with E-state index in [-0.39, 0.29) is 5.03 Å². The van der Waals surface area contributed by atoms with Crippen LogP contribution in [0.1, 0.15) is 12.5 Å². The molecule has 0 aliphatic rings. The molecule has 0 saturated carbocycles. The molecule has 0 fully saturated rings. The van der Waals surface area contributed by atoms with Gasteiger partial charge in [0.1, 0.15) is 0 Å². The van der Waals surface area contributed by atoms with Gasteiger partial charge in [-0.25, -0.2) is 0 Å². The normalized spacial score (nSPS) is 11.4. The van der Waals surface area contributed by atoms with Gasteiger partial charge in [-0.15, -0.1) is 0 Å². The average molecular weight is 265 g/mol. The lowest BCUT2D eigenvalue weighted by Crippen LogP contribution is -2.31. The maximum atomic E-state index is 12.4. The highest BCUT2D eigenvalue weighted by Gasteiger charge is 2.25. The van der Waals surface area contributed by atoms with Gasteiger partial charge in [0.05, 0.1) is 11.9 Å². The highest BCUT2D eigenvalue weighted by molar-refractivity contribution is 7.92. The Morgan fingerprint density at radius 3 is 2.56 bits per heavy atom. The Morgan fingerprint density at radius 2 is 2.00 bits per heavy atom. The standard InChI is InChI=1S/C12H15N3O2S/c1-3-15(11-7-5-4-6-10(11)2)18(16,17)12-8-9-13-14-12/h4-9H,3H2,1-2H3,(H,13,14). The lowest BCUT2D eigenvalue weighted by molar-refractivity contribution is 0.587. The summed E-state index contributed by atoms with van der Waals surface area (Å²) < 4.78 is 26.2. The largest absolute Gasteiger partial charge is 0.281 e. The predicted octanol–water partition coefficient (Wildman–Crippen LogP) is 1.93. The van der Waals surface area contributed by atoms with Gasteiger partial charge < -0.3 is 0 Å². The van der Waals surface area contributed by atoms with Crippen molar-refractivity contribution in [1.29, 1.82) is 0 Å². The summed E-state index contributed by atoms with van der Waals surface area (Å²) in [5.41, 5.74) is 1.61. The van der Waals surface area contributed by atoms with Crippen molar-refractivity contribution < 1.29 is 8.42 Å². The minimum Gasteiger partial charge on any atom is -0.266 e. The lowest BCUT2D eigenvalue weighted by atomic mass is 10.2. The molecule has 18 heavy (non-hydrogen) atoms. The van der Waals surface area contributed by atoms with Gasteiger partial charge in [-0.1, -0.05) is 18.2 Å². The molecule has 5 nitrogen and oxygen atoms in total. The number of sulfonamides is 1. The van der Waals surface area contributed by atoms with Crippen LogP contribution in [0.4, 0.5) is 5.69 Å². The summed E-state index contributed by atoms with van der Waals surface area (Å²) in [4.78, 5) is 0. The van der Waals surface area contributed by atoms with Crippen LogP contribution in [-0.4, -0.2) is 25.2 Å². The second-order valence-electron chi connectivity index (χ2n) is 3.88. The molecule has 1 N–H and O–H groups in total. The molecule has 0 atom stereocenters. The van der Waals surface area contributed by atoms with E-state index < -0.39 is 10.0 Å². The molecule has 0 aliphatic carbocycles. The zero-order valence-electron chi connectivity index (χ0n) is 10.3. The van der Waals surface area contributed by atoms with Crippen molar-refractivity contribution in [2.45, 2.75) is 18.9 Å². The summed E-state index contributed by atoms with van der Waals surface area (Å²) in [6, 6.07) is 8.85. The monoisotopic (exact) mass is 265 g/mol. The number of nitrogens with zero attached hydrogens (tertiary/aromatic N) is 2. The topological polar surface area (TPSA) is 66.1 Å². The Bertz CT molecular complexity index is 621. The number of hydrogen-bond donors (Lipinski definition) is 1. The molecule has 0 unspecified atom stereocenters. The minimum absolute atomic E-state index is 0.104. The molecular weight excluding hydrogens is 250 g/mol. The van der Waals surface area contributed by atoms with Crippen molar-refractivity contribution in [2.75, 3.05) is 10.8 Å². The highest BCUT2D eigenvalue weighted by atomic mass is 32.2. The van der Waals surface area contributed by atoms with Crippen LogP contribution in [0, 0.1) is 6.92 Å². The van der Waals surface area contributed by atoms with Gasteiger partial charge in [0.25, 0.3) is 10.0 Å². The van der Waals surface area contributed by atoms with Crippen LogP contribution in [0.15, 0.2) is 41.6 Å². The van der Waals surface area contributed by atoms with E-state index >= 15 is 0 Å². The molecule has 1 aromatic heterocycles. The Morgan fingerprint density at radius 1 is 1.28 bits per heavy atom. The maximum absolute atomic E-state index is 12.4. The number of H-pyrrole nitrogens is 1. The molecule has 1 heterocycles. The van der Waals surface area contributed by atoms with E-state index in [0.29, 0.717) is 12.2 Å². The fourth-order valence-corrected chi connectivity index (χ4v) is 3.26. The second-order valence-corrected chi connectivity index (χ2v) is 5.71. The van der Waals surface area contributed by atoms with Crippen LogP contribution in [0.25, 0.3) is 0 Å². The number of aromatic nitrogens is 2. The molecule has 0 amide bonds. The van der Waals surface area contributed by atoms with Crippen LogP contribution in [0.5, 0.6) is 0 Å². The quantitative estimate of drug-likeness (QED) is 0.918. The molecule has 0 bridgehead atoms. The average Bonchev–Trinajstić information content (AvgIpc) is 2.86. The van der Waals surface area contributed by atoms with Crippen molar-refractivity contribution >= 4 is 15.7 Å². The summed E-state index contributed by atoms with van der Waals surface area (Å²) in [5, 5.41) is 6.30.